The zero-order chi connectivity index (χ0) is 7.28. The predicted octanol–water partition coefficient (Wildman–Crippen LogP) is 0.557. The minimum Gasteiger partial charge on any atom is -0.382 e. The van der Waals surface area contributed by atoms with Crippen LogP contribution in [0.15, 0.2) is 0 Å². The molecule has 0 aromatic carbocycles. The highest BCUT2D eigenvalue weighted by Crippen LogP contribution is 1.71. The Balaban J connectivity index is 3.27. The second kappa shape index (κ2) is 4.24. The standard InChI is InChI=1S/C5H13BN2O/c1-4-7-5(9)8-6(2)3/h4H2,1-3H3,(H2,7,8,9). The van der Waals surface area contributed by atoms with Crippen molar-refractivity contribution in [2.75, 3.05) is 6.54 Å². The highest BCUT2D eigenvalue weighted by molar-refractivity contribution is 6.55. The van der Waals surface area contributed by atoms with Crippen LogP contribution in [0.3, 0.4) is 0 Å². The zero-order valence-corrected chi connectivity index (χ0v) is 6.19. The fourth-order valence-electron chi connectivity index (χ4n) is 0.474. The van der Waals surface area contributed by atoms with Gasteiger partial charge in [-0.1, -0.05) is 13.6 Å². The Morgan fingerprint density at radius 1 is 1.56 bits per heavy atom. The Labute approximate surface area is 56.3 Å². The molecule has 2 amide bonds. The van der Waals surface area contributed by atoms with Crippen molar-refractivity contribution < 1.29 is 4.79 Å². The SMILES string of the molecule is CCNC(=O)NB(C)C. The van der Waals surface area contributed by atoms with E-state index >= 15 is 0 Å². The molecule has 0 atom stereocenters. The molecule has 0 unspecified atom stereocenters. The minimum absolute atomic E-state index is 0.0903. The van der Waals surface area contributed by atoms with E-state index in [-0.39, 0.29) is 12.9 Å². The smallest absolute Gasteiger partial charge is 0.302 e. The van der Waals surface area contributed by atoms with Crippen molar-refractivity contribution in [2.45, 2.75) is 20.6 Å². The van der Waals surface area contributed by atoms with Crippen LogP contribution in [0.5, 0.6) is 0 Å². The van der Waals surface area contributed by atoms with E-state index in [1.807, 2.05) is 20.6 Å². The quantitative estimate of drug-likeness (QED) is 0.524. The van der Waals surface area contributed by atoms with Gasteiger partial charge in [-0.15, -0.1) is 0 Å². The lowest BCUT2D eigenvalue weighted by molar-refractivity contribution is 0.246. The van der Waals surface area contributed by atoms with Gasteiger partial charge in [-0.2, -0.15) is 0 Å². The lowest BCUT2D eigenvalue weighted by atomic mass is 9.69. The molecular weight excluding hydrogens is 115 g/mol. The molecular formula is C5H13BN2O. The van der Waals surface area contributed by atoms with E-state index in [9.17, 15) is 4.79 Å². The highest BCUT2D eigenvalue weighted by Gasteiger charge is 2.01. The second-order valence-electron chi connectivity index (χ2n) is 2.16. The molecule has 0 aliphatic rings. The van der Waals surface area contributed by atoms with Crippen LogP contribution in [0.25, 0.3) is 0 Å². The van der Waals surface area contributed by atoms with Crippen LogP contribution in [0, 0.1) is 0 Å². The van der Waals surface area contributed by atoms with Gasteiger partial charge in [-0.05, 0) is 6.92 Å². The molecule has 0 saturated heterocycles. The summed E-state index contributed by atoms with van der Waals surface area (Å²) in [5, 5.41) is 5.32. The Hall–Kier alpha value is -0.665. The molecule has 3 nitrogen and oxygen atoms in total. The second-order valence-corrected chi connectivity index (χ2v) is 2.16. The Kier molecular flexibility index (Phi) is 3.92. The average molecular weight is 128 g/mol. The van der Waals surface area contributed by atoms with Crippen LogP contribution in [-0.4, -0.2) is 19.4 Å². The summed E-state index contributed by atoms with van der Waals surface area (Å²) in [6.07, 6.45) is 0. The number of carbonyl (C=O) groups is 1. The summed E-state index contributed by atoms with van der Waals surface area (Å²) in [4.78, 5) is 10.6. The molecule has 52 valence electrons. The summed E-state index contributed by atoms with van der Waals surface area (Å²) in [6, 6.07) is -0.0903. The number of carbonyl (C=O) groups excluding carboxylic acids is 1. The van der Waals surface area contributed by atoms with E-state index in [2.05, 4.69) is 10.5 Å². The number of rotatable bonds is 2. The number of hydrogen-bond donors (Lipinski definition) is 2. The van der Waals surface area contributed by atoms with Crippen molar-refractivity contribution in [1.82, 2.24) is 10.5 Å². The van der Waals surface area contributed by atoms with Gasteiger partial charge in [0.15, 0.2) is 0 Å². The molecule has 0 saturated carbocycles. The predicted molar refractivity (Wildman–Crippen MR) is 39.7 cm³/mol. The van der Waals surface area contributed by atoms with E-state index < -0.39 is 0 Å². The van der Waals surface area contributed by atoms with E-state index in [1.165, 1.54) is 0 Å². The Morgan fingerprint density at radius 3 is 2.44 bits per heavy atom. The number of urea groups is 1. The highest BCUT2D eigenvalue weighted by atomic mass is 16.2. The molecule has 0 aromatic rings. The van der Waals surface area contributed by atoms with Crippen LogP contribution in [0.2, 0.25) is 13.6 Å². The van der Waals surface area contributed by atoms with Gasteiger partial charge in [-0.3, -0.25) is 4.79 Å². The van der Waals surface area contributed by atoms with Crippen LogP contribution in [0.1, 0.15) is 6.92 Å². The molecule has 0 heterocycles. The first-order valence-electron chi connectivity index (χ1n) is 3.21. The first kappa shape index (κ1) is 8.33. The molecule has 0 spiro atoms. The maximum Gasteiger partial charge on any atom is 0.302 e. The summed E-state index contributed by atoms with van der Waals surface area (Å²) in [7, 11) is 0. The number of nitrogens with one attached hydrogen (secondary N) is 2. The largest absolute Gasteiger partial charge is 0.382 e. The van der Waals surface area contributed by atoms with E-state index in [0.717, 1.165) is 0 Å². The fraction of sp³-hybridized carbons (Fsp3) is 0.800. The van der Waals surface area contributed by atoms with Crippen LogP contribution < -0.4 is 10.5 Å². The van der Waals surface area contributed by atoms with E-state index in [4.69, 9.17) is 0 Å². The molecule has 0 aliphatic heterocycles. The third-order valence-electron chi connectivity index (χ3n) is 0.757. The van der Waals surface area contributed by atoms with Gasteiger partial charge < -0.3 is 10.5 Å². The zero-order valence-electron chi connectivity index (χ0n) is 6.19. The van der Waals surface area contributed by atoms with E-state index in [1.54, 1.807) is 0 Å². The summed E-state index contributed by atoms with van der Waals surface area (Å²) in [5.41, 5.74) is 0. The molecule has 0 bridgehead atoms. The third kappa shape index (κ3) is 5.20. The van der Waals surface area contributed by atoms with Crippen molar-refractivity contribution in [3.05, 3.63) is 0 Å². The normalized spacial score (nSPS) is 8.33. The van der Waals surface area contributed by atoms with Crippen molar-refractivity contribution in [3.8, 4) is 0 Å². The van der Waals surface area contributed by atoms with Crippen molar-refractivity contribution in [2.24, 2.45) is 0 Å². The molecule has 4 heteroatoms. The molecule has 0 fully saturated rings. The van der Waals surface area contributed by atoms with Gasteiger partial charge in [0.25, 0.3) is 0 Å². The monoisotopic (exact) mass is 128 g/mol. The lowest BCUT2D eigenvalue weighted by Crippen LogP contribution is -2.41. The lowest BCUT2D eigenvalue weighted by Gasteiger charge is -2.04. The molecule has 9 heavy (non-hydrogen) atoms. The maximum atomic E-state index is 10.6. The fourth-order valence-corrected chi connectivity index (χ4v) is 0.474. The molecule has 0 rings (SSSR count). The van der Waals surface area contributed by atoms with Crippen molar-refractivity contribution >= 4 is 12.9 Å². The molecule has 2 N–H and O–H groups in total. The van der Waals surface area contributed by atoms with Gasteiger partial charge in [0.2, 0.25) is 6.85 Å². The maximum absolute atomic E-state index is 10.6. The molecule has 0 aliphatic carbocycles. The van der Waals surface area contributed by atoms with Gasteiger partial charge >= 0.3 is 6.03 Å². The van der Waals surface area contributed by atoms with Crippen LogP contribution >= 0.6 is 0 Å². The molecule has 0 radical (unpaired) electrons. The number of amides is 2. The average Bonchev–Trinajstić information content (AvgIpc) is 1.63. The van der Waals surface area contributed by atoms with Gasteiger partial charge in [-0.25, -0.2) is 0 Å². The first-order chi connectivity index (χ1) is 4.16. The van der Waals surface area contributed by atoms with Crippen molar-refractivity contribution in [1.29, 1.82) is 0 Å². The summed E-state index contributed by atoms with van der Waals surface area (Å²) >= 11 is 0. The summed E-state index contributed by atoms with van der Waals surface area (Å²) in [5.74, 6) is 0. The van der Waals surface area contributed by atoms with E-state index in [0.29, 0.717) is 6.54 Å². The Bertz CT molecular complexity index is 95.0. The minimum atomic E-state index is -0.0903. The van der Waals surface area contributed by atoms with Gasteiger partial charge in [0, 0.05) is 6.54 Å². The van der Waals surface area contributed by atoms with Crippen molar-refractivity contribution in [3.63, 3.8) is 0 Å². The van der Waals surface area contributed by atoms with Gasteiger partial charge in [0.05, 0.1) is 0 Å². The third-order valence-corrected chi connectivity index (χ3v) is 0.757. The summed E-state index contributed by atoms with van der Waals surface area (Å²) in [6.45, 7) is 6.64. The Morgan fingerprint density at radius 2 is 2.11 bits per heavy atom. The number of hydrogen-bond acceptors (Lipinski definition) is 1. The van der Waals surface area contributed by atoms with Crippen LogP contribution in [-0.2, 0) is 0 Å². The van der Waals surface area contributed by atoms with Gasteiger partial charge in [0.1, 0.15) is 0 Å². The first-order valence-corrected chi connectivity index (χ1v) is 3.21. The molecule has 0 aromatic heterocycles. The topological polar surface area (TPSA) is 41.1 Å². The van der Waals surface area contributed by atoms with Crippen LogP contribution in [0.4, 0.5) is 4.79 Å². The summed E-state index contributed by atoms with van der Waals surface area (Å²) < 4.78 is 0.